The van der Waals surface area contributed by atoms with E-state index in [1.165, 1.54) is 12.1 Å². The minimum Gasteiger partial charge on any atom is -0.361 e. The first-order valence-electron chi connectivity index (χ1n) is 5.15. The summed E-state index contributed by atoms with van der Waals surface area (Å²) in [5, 5.41) is 6.79. The standard InChI is InChI=1S/C12H13FN2O/c1-14-6-5-12-11(8-15-16-12)9-3-2-4-10(13)7-9/h2-4,7-8,14H,5-6H2,1H3. The summed E-state index contributed by atoms with van der Waals surface area (Å²) in [7, 11) is 1.87. The summed E-state index contributed by atoms with van der Waals surface area (Å²) >= 11 is 0. The van der Waals surface area contributed by atoms with E-state index in [9.17, 15) is 4.39 Å². The fourth-order valence-electron chi connectivity index (χ4n) is 1.57. The molecule has 0 aliphatic carbocycles. The second-order valence-electron chi connectivity index (χ2n) is 3.53. The third kappa shape index (κ3) is 2.28. The van der Waals surface area contributed by atoms with Crippen LogP contribution in [0.5, 0.6) is 0 Å². The van der Waals surface area contributed by atoms with Crippen molar-refractivity contribution in [2.45, 2.75) is 6.42 Å². The van der Waals surface area contributed by atoms with E-state index in [1.807, 2.05) is 13.1 Å². The Bertz CT molecular complexity index is 468. The average molecular weight is 220 g/mol. The Labute approximate surface area is 93.3 Å². The van der Waals surface area contributed by atoms with Crippen LogP contribution in [0.4, 0.5) is 4.39 Å². The number of hydrogen-bond donors (Lipinski definition) is 1. The van der Waals surface area contributed by atoms with Crippen molar-refractivity contribution in [1.29, 1.82) is 0 Å². The minimum atomic E-state index is -0.252. The van der Waals surface area contributed by atoms with E-state index in [-0.39, 0.29) is 5.82 Å². The molecule has 0 saturated heterocycles. The number of likely N-dealkylation sites (N-methyl/N-ethyl adjacent to an activating group) is 1. The fraction of sp³-hybridized carbons (Fsp3) is 0.250. The number of benzene rings is 1. The molecule has 1 N–H and O–H groups in total. The molecule has 1 heterocycles. The Kier molecular flexibility index (Phi) is 3.31. The highest BCUT2D eigenvalue weighted by Gasteiger charge is 2.10. The van der Waals surface area contributed by atoms with Crippen LogP contribution in [-0.4, -0.2) is 18.7 Å². The Morgan fingerprint density at radius 3 is 3.06 bits per heavy atom. The van der Waals surface area contributed by atoms with Gasteiger partial charge in [-0.05, 0) is 24.7 Å². The monoisotopic (exact) mass is 220 g/mol. The molecule has 0 bridgehead atoms. The first-order chi connectivity index (χ1) is 7.81. The van der Waals surface area contributed by atoms with Crippen molar-refractivity contribution in [3.63, 3.8) is 0 Å². The first kappa shape index (κ1) is 10.8. The average Bonchev–Trinajstić information content (AvgIpc) is 2.74. The number of hydrogen-bond acceptors (Lipinski definition) is 3. The molecule has 0 radical (unpaired) electrons. The highest BCUT2D eigenvalue weighted by Crippen LogP contribution is 2.24. The second kappa shape index (κ2) is 4.90. The van der Waals surface area contributed by atoms with E-state index in [0.29, 0.717) is 0 Å². The normalized spacial score (nSPS) is 10.6. The van der Waals surface area contributed by atoms with Crippen molar-refractivity contribution in [2.75, 3.05) is 13.6 Å². The Balaban J connectivity index is 2.29. The smallest absolute Gasteiger partial charge is 0.145 e. The lowest BCUT2D eigenvalue weighted by Crippen LogP contribution is -2.10. The second-order valence-corrected chi connectivity index (χ2v) is 3.53. The first-order valence-corrected chi connectivity index (χ1v) is 5.15. The molecule has 0 aliphatic heterocycles. The van der Waals surface area contributed by atoms with Crippen molar-refractivity contribution in [3.8, 4) is 11.1 Å². The van der Waals surface area contributed by atoms with Crippen LogP contribution in [0.3, 0.4) is 0 Å². The zero-order valence-corrected chi connectivity index (χ0v) is 9.03. The van der Waals surface area contributed by atoms with Crippen molar-refractivity contribution >= 4 is 0 Å². The van der Waals surface area contributed by atoms with Gasteiger partial charge in [0.1, 0.15) is 11.6 Å². The van der Waals surface area contributed by atoms with Gasteiger partial charge in [0.15, 0.2) is 0 Å². The van der Waals surface area contributed by atoms with Crippen molar-refractivity contribution < 1.29 is 8.91 Å². The van der Waals surface area contributed by atoms with Gasteiger partial charge in [-0.25, -0.2) is 4.39 Å². The molecule has 2 aromatic rings. The molecule has 16 heavy (non-hydrogen) atoms. The molecular formula is C12H13FN2O. The summed E-state index contributed by atoms with van der Waals surface area (Å²) in [4.78, 5) is 0. The maximum Gasteiger partial charge on any atom is 0.145 e. The third-order valence-electron chi connectivity index (χ3n) is 2.38. The summed E-state index contributed by atoms with van der Waals surface area (Å²) < 4.78 is 18.2. The molecule has 4 heteroatoms. The van der Waals surface area contributed by atoms with Gasteiger partial charge in [0.2, 0.25) is 0 Å². The molecule has 0 saturated carbocycles. The SMILES string of the molecule is CNCCc1oncc1-c1cccc(F)c1. The highest BCUT2D eigenvalue weighted by molar-refractivity contribution is 5.64. The van der Waals surface area contributed by atoms with Gasteiger partial charge in [0.05, 0.1) is 6.20 Å². The summed E-state index contributed by atoms with van der Waals surface area (Å²) in [6.07, 6.45) is 2.36. The lowest BCUT2D eigenvalue weighted by molar-refractivity contribution is 0.382. The predicted molar refractivity (Wildman–Crippen MR) is 59.5 cm³/mol. The third-order valence-corrected chi connectivity index (χ3v) is 2.38. The molecule has 1 aromatic heterocycles. The summed E-state index contributed by atoms with van der Waals surface area (Å²) in [6.45, 7) is 0.803. The van der Waals surface area contributed by atoms with Crippen LogP contribution in [0.1, 0.15) is 5.76 Å². The Hall–Kier alpha value is -1.68. The van der Waals surface area contributed by atoms with Gasteiger partial charge in [-0.3, -0.25) is 0 Å². The van der Waals surface area contributed by atoms with Gasteiger partial charge in [0, 0.05) is 18.5 Å². The van der Waals surface area contributed by atoms with Crippen LogP contribution in [0.25, 0.3) is 11.1 Å². The summed E-state index contributed by atoms with van der Waals surface area (Å²) in [6, 6.07) is 6.43. The Morgan fingerprint density at radius 1 is 1.44 bits per heavy atom. The molecule has 0 amide bonds. The van der Waals surface area contributed by atoms with Crippen LogP contribution in [0.15, 0.2) is 35.0 Å². The van der Waals surface area contributed by atoms with E-state index in [0.717, 1.165) is 29.9 Å². The van der Waals surface area contributed by atoms with Crippen LogP contribution in [0.2, 0.25) is 0 Å². The highest BCUT2D eigenvalue weighted by atomic mass is 19.1. The molecule has 0 aliphatic rings. The molecule has 0 unspecified atom stereocenters. The predicted octanol–water partition coefficient (Wildman–Crippen LogP) is 2.24. The number of nitrogens with zero attached hydrogens (tertiary/aromatic N) is 1. The van der Waals surface area contributed by atoms with Crippen molar-refractivity contribution in [3.05, 3.63) is 42.0 Å². The maximum absolute atomic E-state index is 13.1. The number of nitrogens with one attached hydrogen (secondary N) is 1. The topological polar surface area (TPSA) is 38.1 Å². The number of halogens is 1. The maximum atomic E-state index is 13.1. The van der Waals surface area contributed by atoms with Gasteiger partial charge in [0.25, 0.3) is 0 Å². The molecule has 3 nitrogen and oxygen atoms in total. The number of aromatic nitrogens is 1. The lowest BCUT2D eigenvalue weighted by Gasteiger charge is -2.01. The fourth-order valence-corrected chi connectivity index (χ4v) is 1.57. The molecule has 1 aromatic carbocycles. The van der Waals surface area contributed by atoms with E-state index in [4.69, 9.17) is 4.52 Å². The van der Waals surface area contributed by atoms with Gasteiger partial charge in [-0.1, -0.05) is 17.3 Å². The quantitative estimate of drug-likeness (QED) is 0.858. The summed E-state index contributed by atoms with van der Waals surface area (Å²) in [5.74, 6) is 0.526. The van der Waals surface area contributed by atoms with Crippen LogP contribution in [0, 0.1) is 5.82 Å². The molecule has 0 spiro atoms. The van der Waals surface area contributed by atoms with E-state index < -0.39 is 0 Å². The number of rotatable bonds is 4. The van der Waals surface area contributed by atoms with Crippen molar-refractivity contribution in [2.24, 2.45) is 0 Å². The van der Waals surface area contributed by atoms with Gasteiger partial charge in [-0.2, -0.15) is 0 Å². The van der Waals surface area contributed by atoms with E-state index >= 15 is 0 Å². The van der Waals surface area contributed by atoms with E-state index in [1.54, 1.807) is 12.3 Å². The van der Waals surface area contributed by atoms with Gasteiger partial charge < -0.3 is 9.84 Å². The van der Waals surface area contributed by atoms with Gasteiger partial charge >= 0.3 is 0 Å². The largest absolute Gasteiger partial charge is 0.361 e. The lowest BCUT2D eigenvalue weighted by atomic mass is 10.1. The van der Waals surface area contributed by atoms with Crippen LogP contribution in [-0.2, 0) is 6.42 Å². The van der Waals surface area contributed by atoms with Crippen LogP contribution >= 0.6 is 0 Å². The molecule has 84 valence electrons. The summed E-state index contributed by atoms with van der Waals surface area (Å²) in [5.41, 5.74) is 1.65. The van der Waals surface area contributed by atoms with Crippen molar-refractivity contribution in [1.82, 2.24) is 10.5 Å². The molecule has 2 rings (SSSR count). The van der Waals surface area contributed by atoms with E-state index in [2.05, 4.69) is 10.5 Å². The zero-order chi connectivity index (χ0) is 11.4. The van der Waals surface area contributed by atoms with Gasteiger partial charge in [-0.15, -0.1) is 0 Å². The molecule has 0 atom stereocenters. The molecule has 0 fully saturated rings. The van der Waals surface area contributed by atoms with Crippen LogP contribution < -0.4 is 5.32 Å². The Morgan fingerprint density at radius 2 is 2.31 bits per heavy atom. The minimum absolute atomic E-state index is 0.252. The molecular weight excluding hydrogens is 207 g/mol. The zero-order valence-electron chi connectivity index (χ0n) is 9.03.